The van der Waals surface area contributed by atoms with E-state index in [1.54, 1.807) is 11.3 Å². The van der Waals surface area contributed by atoms with Gasteiger partial charge in [-0.2, -0.15) is 0 Å². The van der Waals surface area contributed by atoms with Gasteiger partial charge in [0.25, 0.3) is 0 Å². The standard InChI is InChI=1S/C27H32N4O2S/c1-30-24-10-15-34-26(24)17-25(30)27-29-23(19-4-2-5-19)18-31(27)13-14-32-21-6-3-7-22(16-21)33-20-8-11-28-12-9-20/h3,6-7,10,15-20,28H,2,4-5,8-9,11-14H2,1H3. The van der Waals surface area contributed by atoms with Crippen molar-refractivity contribution in [1.29, 1.82) is 0 Å². The lowest BCUT2D eigenvalue weighted by molar-refractivity contribution is 0.161. The van der Waals surface area contributed by atoms with Gasteiger partial charge < -0.3 is 23.9 Å². The van der Waals surface area contributed by atoms with Gasteiger partial charge in [0, 0.05) is 25.2 Å². The van der Waals surface area contributed by atoms with E-state index in [0.29, 0.717) is 12.5 Å². The molecule has 6 nitrogen and oxygen atoms in total. The summed E-state index contributed by atoms with van der Waals surface area (Å²) in [6, 6.07) is 12.5. The first kappa shape index (κ1) is 21.7. The van der Waals surface area contributed by atoms with E-state index in [0.717, 1.165) is 49.8 Å². The summed E-state index contributed by atoms with van der Waals surface area (Å²) in [6.45, 7) is 3.39. The Balaban J connectivity index is 1.17. The number of ether oxygens (including phenoxy) is 2. The van der Waals surface area contributed by atoms with Crippen LogP contribution in [0.4, 0.5) is 0 Å². The molecule has 34 heavy (non-hydrogen) atoms. The number of imidazole rings is 1. The van der Waals surface area contributed by atoms with Gasteiger partial charge in [0.05, 0.1) is 28.1 Å². The molecule has 0 spiro atoms. The van der Waals surface area contributed by atoms with Crippen molar-refractivity contribution in [3.63, 3.8) is 0 Å². The summed E-state index contributed by atoms with van der Waals surface area (Å²) in [6.07, 6.45) is 8.45. The third-order valence-corrected chi connectivity index (χ3v) is 8.06. The van der Waals surface area contributed by atoms with E-state index in [1.807, 2.05) is 24.3 Å². The third kappa shape index (κ3) is 4.34. The van der Waals surface area contributed by atoms with E-state index >= 15 is 0 Å². The van der Waals surface area contributed by atoms with E-state index < -0.39 is 0 Å². The summed E-state index contributed by atoms with van der Waals surface area (Å²) in [5.74, 6) is 3.39. The van der Waals surface area contributed by atoms with Gasteiger partial charge in [0.2, 0.25) is 0 Å². The second-order valence-corrected chi connectivity index (χ2v) is 10.4. The van der Waals surface area contributed by atoms with E-state index in [4.69, 9.17) is 14.5 Å². The lowest BCUT2D eigenvalue weighted by Gasteiger charge is -2.24. The van der Waals surface area contributed by atoms with Crippen LogP contribution in [-0.4, -0.2) is 39.9 Å². The molecule has 1 saturated heterocycles. The van der Waals surface area contributed by atoms with Crippen LogP contribution < -0.4 is 14.8 Å². The first-order valence-electron chi connectivity index (χ1n) is 12.5. The molecule has 0 amide bonds. The number of benzene rings is 1. The van der Waals surface area contributed by atoms with Gasteiger partial charge >= 0.3 is 0 Å². The first-order valence-corrected chi connectivity index (χ1v) is 13.3. The summed E-state index contributed by atoms with van der Waals surface area (Å²) < 4.78 is 18.2. The monoisotopic (exact) mass is 476 g/mol. The van der Waals surface area contributed by atoms with E-state index in [1.165, 1.54) is 40.9 Å². The van der Waals surface area contributed by atoms with Gasteiger partial charge in [0.15, 0.2) is 5.82 Å². The molecule has 1 N–H and O–H groups in total. The summed E-state index contributed by atoms with van der Waals surface area (Å²) >= 11 is 1.78. The largest absolute Gasteiger partial charge is 0.492 e. The minimum atomic E-state index is 0.287. The van der Waals surface area contributed by atoms with Crippen molar-refractivity contribution in [2.75, 3.05) is 19.7 Å². The Hall–Kier alpha value is -2.77. The zero-order valence-corrected chi connectivity index (χ0v) is 20.5. The van der Waals surface area contributed by atoms with Crippen LogP contribution in [0.25, 0.3) is 21.7 Å². The van der Waals surface area contributed by atoms with E-state index in [9.17, 15) is 0 Å². The van der Waals surface area contributed by atoms with Crippen LogP contribution in [0.15, 0.2) is 48.0 Å². The quantitative estimate of drug-likeness (QED) is 0.361. The van der Waals surface area contributed by atoms with Crippen LogP contribution in [0, 0.1) is 0 Å². The molecule has 0 atom stereocenters. The predicted octanol–water partition coefficient (Wildman–Crippen LogP) is 5.58. The zero-order valence-electron chi connectivity index (χ0n) is 19.7. The molecule has 1 saturated carbocycles. The molecular weight excluding hydrogens is 444 g/mol. The molecule has 2 fully saturated rings. The molecule has 178 valence electrons. The Morgan fingerprint density at radius 3 is 2.74 bits per heavy atom. The van der Waals surface area contributed by atoms with Gasteiger partial charge in [-0.05, 0) is 68.4 Å². The molecule has 2 aliphatic rings. The number of thiophene rings is 1. The molecule has 1 aliphatic heterocycles. The van der Waals surface area contributed by atoms with Crippen molar-refractivity contribution < 1.29 is 9.47 Å². The zero-order chi connectivity index (χ0) is 22.9. The van der Waals surface area contributed by atoms with Gasteiger partial charge in [-0.1, -0.05) is 12.5 Å². The maximum atomic E-state index is 6.18. The number of hydrogen-bond donors (Lipinski definition) is 1. The van der Waals surface area contributed by atoms with Crippen molar-refractivity contribution in [2.45, 2.75) is 50.7 Å². The molecule has 7 heteroatoms. The maximum absolute atomic E-state index is 6.18. The minimum absolute atomic E-state index is 0.287. The van der Waals surface area contributed by atoms with Crippen molar-refractivity contribution in [1.82, 2.24) is 19.4 Å². The lowest BCUT2D eigenvalue weighted by Crippen LogP contribution is -2.34. The molecule has 1 aromatic carbocycles. The van der Waals surface area contributed by atoms with Gasteiger partial charge in [0.1, 0.15) is 24.2 Å². The van der Waals surface area contributed by atoms with Crippen molar-refractivity contribution in [3.05, 3.63) is 53.7 Å². The third-order valence-electron chi connectivity index (χ3n) is 7.21. The van der Waals surface area contributed by atoms with E-state index in [2.05, 4.69) is 45.2 Å². The molecule has 3 aromatic heterocycles. The van der Waals surface area contributed by atoms with Crippen molar-refractivity contribution in [2.24, 2.45) is 7.05 Å². The number of nitrogens with one attached hydrogen (secondary N) is 1. The first-order chi connectivity index (χ1) is 16.7. The maximum Gasteiger partial charge on any atom is 0.157 e. The van der Waals surface area contributed by atoms with E-state index in [-0.39, 0.29) is 6.10 Å². The lowest BCUT2D eigenvalue weighted by atomic mass is 9.83. The molecule has 4 aromatic rings. The fraction of sp³-hybridized carbons (Fsp3) is 0.444. The van der Waals surface area contributed by atoms with Gasteiger partial charge in [-0.3, -0.25) is 0 Å². The van der Waals surface area contributed by atoms with Crippen LogP contribution in [0.2, 0.25) is 0 Å². The summed E-state index contributed by atoms with van der Waals surface area (Å²) in [4.78, 5) is 5.11. The van der Waals surface area contributed by atoms with Crippen molar-refractivity contribution in [3.8, 4) is 23.0 Å². The molecular formula is C27H32N4O2S. The number of hydrogen-bond acceptors (Lipinski definition) is 5. The van der Waals surface area contributed by atoms with Gasteiger partial charge in [-0.25, -0.2) is 4.98 Å². The van der Waals surface area contributed by atoms with Crippen molar-refractivity contribution >= 4 is 21.6 Å². The van der Waals surface area contributed by atoms with Crippen LogP contribution >= 0.6 is 11.3 Å². The Kier molecular flexibility index (Phi) is 6.05. The Morgan fingerprint density at radius 2 is 1.94 bits per heavy atom. The SMILES string of the molecule is Cn1c(-c2nc(C3CCC3)cn2CCOc2cccc(OC3CCNCC3)c2)cc2sccc21. The number of aryl methyl sites for hydroxylation is 1. The topological polar surface area (TPSA) is 53.2 Å². The number of rotatable bonds is 8. The molecule has 0 radical (unpaired) electrons. The second-order valence-electron chi connectivity index (χ2n) is 9.46. The van der Waals surface area contributed by atoms with Crippen LogP contribution in [0.1, 0.15) is 43.7 Å². The Morgan fingerprint density at radius 1 is 1.09 bits per heavy atom. The second kappa shape index (κ2) is 9.47. The Labute approximate surface area is 204 Å². The van der Waals surface area contributed by atoms with Gasteiger partial charge in [-0.15, -0.1) is 11.3 Å². The average molecular weight is 477 g/mol. The summed E-state index contributed by atoms with van der Waals surface area (Å²) in [5.41, 5.74) is 3.66. The highest BCUT2D eigenvalue weighted by Gasteiger charge is 2.25. The van der Waals surface area contributed by atoms with Crippen LogP contribution in [0.3, 0.4) is 0 Å². The predicted molar refractivity (Wildman–Crippen MR) is 137 cm³/mol. The molecule has 6 rings (SSSR count). The average Bonchev–Trinajstić information content (AvgIpc) is 3.50. The number of fused-ring (bicyclic) bond motifs is 1. The summed E-state index contributed by atoms with van der Waals surface area (Å²) in [5, 5.41) is 5.53. The minimum Gasteiger partial charge on any atom is -0.492 e. The normalized spacial score (nSPS) is 17.2. The highest BCUT2D eigenvalue weighted by molar-refractivity contribution is 7.17. The number of piperidine rings is 1. The van der Waals surface area contributed by atoms with Crippen LogP contribution in [0.5, 0.6) is 11.5 Å². The number of aromatic nitrogens is 3. The fourth-order valence-electron chi connectivity index (χ4n) is 4.98. The fourth-order valence-corrected chi connectivity index (χ4v) is 5.83. The number of nitrogens with zero attached hydrogens (tertiary/aromatic N) is 3. The molecule has 1 aliphatic carbocycles. The smallest absolute Gasteiger partial charge is 0.157 e. The molecule has 0 unspecified atom stereocenters. The molecule has 0 bridgehead atoms. The highest BCUT2D eigenvalue weighted by atomic mass is 32.1. The summed E-state index contributed by atoms with van der Waals surface area (Å²) in [7, 11) is 2.14. The Bertz CT molecular complexity index is 1260. The highest BCUT2D eigenvalue weighted by Crippen LogP contribution is 2.38. The molecule has 4 heterocycles. The van der Waals surface area contributed by atoms with Crippen LogP contribution in [-0.2, 0) is 13.6 Å².